The van der Waals surface area contributed by atoms with Crippen LogP contribution in [0.2, 0.25) is 0 Å². The van der Waals surface area contributed by atoms with Crippen molar-refractivity contribution in [1.29, 1.82) is 5.26 Å². The highest BCUT2D eigenvalue weighted by molar-refractivity contribution is 6.14. The first-order chi connectivity index (χ1) is 39.8. The van der Waals surface area contributed by atoms with Crippen LogP contribution < -0.4 is 0 Å². The monoisotopic (exact) mass is 1080 g/mol. The molecule has 0 bridgehead atoms. The number of fused-ring (bicyclic) bond motifs is 6. The standard InChI is InChI=1S/C77H60F3N3/c1-44-25-45(2)30-59(29-44)54-14-20-71-65(38-54)66-39-55(60-31-46(3)26-47(4)32-60)15-21-72(66)82(71)70-24-18-58(76-52(9)11-10-12-69(76)77(78,79)80)42-64(70)63-19-13-53(43-81)37-75(63)83-73-22-16-56(61-33-48(5)27-49(6)34-61)40-67(73)68-41-57(17-23-74(68)83)62-35-50(7)28-51(8)36-62/h10-42H,1-9H3. The predicted octanol–water partition coefficient (Wildman–Crippen LogP) is 21.5. The normalized spacial score (nSPS) is 11.8. The Hall–Kier alpha value is -9.70. The van der Waals surface area contributed by atoms with E-state index in [1.54, 1.807) is 13.0 Å². The molecule has 6 heteroatoms. The molecule has 404 valence electrons. The fourth-order valence-corrected chi connectivity index (χ4v) is 13.3. The Balaban J connectivity index is 1.14. The van der Waals surface area contributed by atoms with E-state index in [4.69, 9.17) is 0 Å². The van der Waals surface area contributed by atoms with E-state index in [2.05, 4.69) is 216 Å². The van der Waals surface area contributed by atoms with Crippen molar-refractivity contribution >= 4 is 43.6 Å². The molecule has 2 heterocycles. The summed E-state index contributed by atoms with van der Waals surface area (Å²) in [6.07, 6.45) is -4.62. The van der Waals surface area contributed by atoms with Crippen molar-refractivity contribution < 1.29 is 13.2 Å². The number of rotatable bonds is 8. The number of benzene rings is 11. The average Bonchev–Trinajstić information content (AvgIpc) is 1.95. The highest BCUT2D eigenvalue weighted by Crippen LogP contribution is 2.47. The lowest BCUT2D eigenvalue weighted by Crippen LogP contribution is -2.08. The molecule has 11 aromatic carbocycles. The summed E-state index contributed by atoms with van der Waals surface area (Å²) in [5.74, 6) is 0. The second kappa shape index (κ2) is 20.1. The van der Waals surface area contributed by atoms with Gasteiger partial charge < -0.3 is 9.13 Å². The van der Waals surface area contributed by atoms with Crippen molar-refractivity contribution in [2.75, 3.05) is 0 Å². The maximum atomic E-state index is 15.3. The molecule has 0 saturated heterocycles. The van der Waals surface area contributed by atoms with Crippen LogP contribution >= 0.6 is 0 Å². The predicted molar refractivity (Wildman–Crippen MR) is 340 cm³/mol. The van der Waals surface area contributed by atoms with Gasteiger partial charge in [-0.15, -0.1) is 0 Å². The lowest BCUT2D eigenvalue weighted by atomic mass is 9.90. The van der Waals surface area contributed by atoms with Gasteiger partial charge in [-0.25, -0.2) is 0 Å². The Labute approximate surface area is 482 Å². The summed E-state index contributed by atoms with van der Waals surface area (Å²) in [6.45, 7) is 18.7. The molecule has 0 aliphatic heterocycles. The topological polar surface area (TPSA) is 33.6 Å². The molecule has 2 aromatic heterocycles. The van der Waals surface area contributed by atoms with Gasteiger partial charge in [0.25, 0.3) is 0 Å². The van der Waals surface area contributed by atoms with Gasteiger partial charge in [-0.05, 0) is 202 Å². The van der Waals surface area contributed by atoms with Gasteiger partial charge in [0.2, 0.25) is 0 Å². The zero-order valence-corrected chi connectivity index (χ0v) is 48.0. The minimum atomic E-state index is -4.62. The van der Waals surface area contributed by atoms with Gasteiger partial charge in [0.15, 0.2) is 0 Å². The van der Waals surface area contributed by atoms with Crippen LogP contribution in [0.25, 0.3) is 122 Å². The summed E-state index contributed by atoms with van der Waals surface area (Å²) in [5.41, 5.74) is 25.7. The average molecular weight is 1080 g/mol. The fraction of sp³-hybridized carbons (Fsp3) is 0.130. The molecule has 0 N–H and O–H groups in total. The first-order valence-electron chi connectivity index (χ1n) is 28.2. The summed E-state index contributed by atoms with van der Waals surface area (Å²) in [7, 11) is 0. The third-order valence-corrected chi connectivity index (χ3v) is 16.5. The number of alkyl halides is 3. The van der Waals surface area contributed by atoms with Crippen molar-refractivity contribution in [3.05, 3.63) is 261 Å². The summed E-state index contributed by atoms with van der Waals surface area (Å²) in [4.78, 5) is 0. The summed E-state index contributed by atoms with van der Waals surface area (Å²) in [6, 6.07) is 71.5. The first-order valence-corrected chi connectivity index (χ1v) is 28.2. The lowest BCUT2D eigenvalue weighted by Gasteiger charge is -2.21. The van der Waals surface area contributed by atoms with Gasteiger partial charge in [-0.2, -0.15) is 18.4 Å². The van der Waals surface area contributed by atoms with Gasteiger partial charge in [-0.1, -0.05) is 166 Å². The number of halogens is 3. The SMILES string of the molecule is Cc1cc(C)cc(-c2ccc3c(c2)c2cc(-c4cc(C)cc(C)c4)ccc2n3-c2ccc(-c3c(C)cccc3C(F)(F)F)cc2-c2ccc(C#N)cc2-n2c3ccc(-c4cc(C)cc(C)c4)cc3c3cc(-c4cc(C)cc(C)c4)ccc32)c1. The minimum Gasteiger partial charge on any atom is -0.309 e. The van der Waals surface area contributed by atoms with E-state index < -0.39 is 11.7 Å². The Kier molecular flexibility index (Phi) is 12.7. The second-order valence-electron chi connectivity index (χ2n) is 23.2. The van der Waals surface area contributed by atoms with Gasteiger partial charge in [0.1, 0.15) is 0 Å². The lowest BCUT2D eigenvalue weighted by molar-refractivity contribution is -0.137. The van der Waals surface area contributed by atoms with Crippen LogP contribution in [0.15, 0.2) is 200 Å². The van der Waals surface area contributed by atoms with Crippen LogP contribution in [0.1, 0.15) is 61.2 Å². The van der Waals surface area contributed by atoms with E-state index in [9.17, 15) is 5.26 Å². The van der Waals surface area contributed by atoms with E-state index in [-0.39, 0.29) is 5.56 Å². The Morgan fingerprint density at radius 1 is 0.325 bits per heavy atom. The maximum Gasteiger partial charge on any atom is 0.417 e. The number of hydrogen-bond acceptors (Lipinski definition) is 1. The number of nitrogens with zero attached hydrogens (tertiary/aromatic N) is 3. The van der Waals surface area contributed by atoms with Crippen molar-refractivity contribution in [2.45, 2.75) is 68.5 Å². The molecule has 13 rings (SSSR count). The van der Waals surface area contributed by atoms with Crippen molar-refractivity contribution in [1.82, 2.24) is 9.13 Å². The van der Waals surface area contributed by atoms with Crippen LogP contribution in [0.5, 0.6) is 0 Å². The van der Waals surface area contributed by atoms with Crippen LogP contribution in [0.3, 0.4) is 0 Å². The van der Waals surface area contributed by atoms with Crippen LogP contribution in [-0.2, 0) is 6.18 Å². The van der Waals surface area contributed by atoms with Crippen molar-refractivity contribution in [2.24, 2.45) is 0 Å². The molecule has 0 aliphatic rings. The fourth-order valence-electron chi connectivity index (χ4n) is 13.3. The minimum absolute atomic E-state index is 0.121. The van der Waals surface area contributed by atoms with Crippen LogP contribution in [0, 0.1) is 73.6 Å². The third kappa shape index (κ3) is 9.46. The van der Waals surface area contributed by atoms with Crippen LogP contribution in [-0.4, -0.2) is 9.13 Å². The van der Waals surface area contributed by atoms with E-state index in [1.165, 1.54) is 56.6 Å². The molecule has 0 spiro atoms. The first kappa shape index (κ1) is 52.7. The van der Waals surface area contributed by atoms with Gasteiger partial charge >= 0.3 is 6.18 Å². The Morgan fingerprint density at radius 2 is 0.687 bits per heavy atom. The van der Waals surface area contributed by atoms with Gasteiger partial charge in [0.05, 0.1) is 50.6 Å². The Morgan fingerprint density at radius 3 is 1.05 bits per heavy atom. The third-order valence-electron chi connectivity index (χ3n) is 16.5. The number of aryl methyl sites for hydroxylation is 9. The van der Waals surface area contributed by atoms with E-state index in [0.717, 1.165) is 105 Å². The molecule has 0 aliphatic carbocycles. The van der Waals surface area contributed by atoms with E-state index >= 15 is 13.2 Å². The molecular weight excluding hydrogens is 1020 g/mol. The molecule has 0 fully saturated rings. The quantitative estimate of drug-likeness (QED) is 0.149. The molecule has 0 saturated carbocycles. The van der Waals surface area contributed by atoms with E-state index in [1.807, 2.05) is 36.4 Å². The zero-order valence-electron chi connectivity index (χ0n) is 48.0. The highest BCUT2D eigenvalue weighted by Gasteiger charge is 2.35. The number of aromatic nitrogens is 2. The smallest absolute Gasteiger partial charge is 0.309 e. The molecule has 13 aromatic rings. The molecule has 0 radical (unpaired) electrons. The summed E-state index contributed by atoms with van der Waals surface area (Å²) >= 11 is 0. The maximum absolute atomic E-state index is 15.3. The molecule has 0 amide bonds. The number of hydrogen-bond donors (Lipinski definition) is 0. The molecule has 83 heavy (non-hydrogen) atoms. The largest absolute Gasteiger partial charge is 0.417 e. The molecular formula is C77H60F3N3. The van der Waals surface area contributed by atoms with Gasteiger partial charge in [0, 0.05) is 32.7 Å². The van der Waals surface area contributed by atoms with Crippen LogP contribution in [0.4, 0.5) is 13.2 Å². The molecule has 3 nitrogen and oxygen atoms in total. The highest BCUT2D eigenvalue weighted by atomic mass is 19.4. The van der Waals surface area contributed by atoms with E-state index in [0.29, 0.717) is 22.3 Å². The Bertz CT molecular complexity index is 4600. The summed E-state index contributed by atoms with van der Waals surface area (Å²) in [5, 5.41) is 15.0. The second-order valence-corrected chi connectivity index (χ2v) is 23.2. The molecule has 0 atom stereocenters. The zero-order chi connectivity index (χ0) is 57.7. The molecule has 0 unspecified atom stereocenters. The van der Waals surface area contributed by atoms with Gasteiger partial charge in [-0.3, -0.25) is 0 Å². The van der Waals surface area contributed by atoms with Crippen molar-refractivity contribution in [3.63, 3.8) is 0 Å². The summed E-state index contributed by atoms with van der Waals surface area (Å²) < 4.78 is 50.5. The van der Waals surface area contributed by atoms with Crippen molar-refractivity contribution in [3.8, 4) is 84.2 Å². The number of nitriles is 1.